The van der Waals surface area contributed by atoms with Gasteiger partial charge in [0.05, 0.1) is 0 Å². The van der Waals surface area contributed by atoms with Crippen LogP contribution in [0.1, 0.15) is 28.8 Å². The van der Waals surface area contributed by atoms with E-state index in [2.05, 4.69) is 0 Å². The Morgan fingerprint density at radius 1 is 0.900 bits per heavy atom. The number of hydrogen-bond acceptors (Lipinski definition) is 3. The summed E-state index contributed by atoms with van der Waals surface area (Å²) >= 11 is 5.99. The van der Waals surface area contributed by atoms with Gasteiger partial charge in [0.1, 0.15) is 0 Å². The molecule has 0 bridgehead atoms. The molecule has 0 unspecified atom stereocenters. The van der Waals surface area contributed by atoms with Gasteiger partial charge in [0.15, 0.2) is 0 Å². The van der Waals surface area contributed by atoms with Crippen LogP contribution in [0.25, 0.3) is 0 Å². The molecule has 4 rings (SSSR count). The fourth-order valence-electron chi connectivity index (χ4n) is 4.18. The molecule has 0 atom stereocenters. The Morgan fingerprint density at radius 2 is 1.63 bits per heavy atom. The van der Waals surface area contributed by atoms with Crippen LogP contribution >= 0.6 is 11.6 Å². The van der Waals surface area contributed by atoms with Gasteiger partial charge in [-0.15, -0.1) is 0 Å². The standard InChI is InChI=1S/C23H24ClN3O3/c24-19-8-4-7-18(15-19)21(28)25-11-9-20(10-12-25)27-14-13-26(22(29)23(27)30)16-17-5-2-1-3-6-17/h1-8,15,20H,9-14,16H2. The first-order chi connectivity index (χ1) is 14.5. The molecule has 0 radical (unpaired) electrons. The van der Waals surface area contributed by atoms with Crippen LogP contribution in [0.4, 0.5) is 0 Å². The van der Waals surface area contributed by atoms with Gasteiger partial charge in [0, 0.05) is 49.4 Å². The third kappa shape index (κ3) is 4.33. The van der Waals surface area contributed by atoms with Crippen molar-refractivity contribution < 1.29 is 14.4 Å². The molecule has 30 heavy (non-hydrogen) atoms. The molecule has 7 heteroatoms. The van der Waals surface area contributed by atoms with Crippen LogP contribution in [0, 0.1) is 0 Å². The van der Waals surface area contributed by atoms with Crippen molar-refractivity contribution in [2.75, 3.05) is 26.2 Å². The summed E-state index contributed by atoms with van der Waals surface area (Å²) in [5.41, 5.74) is 1.58. The lowest BCUT2D eigenvalue weighted by Crippen LogP contribution is -2.59. The molecule has 0 aliphatic carbocycles. The smallest absolute Gasteiger partial charge is 0.312 e. The van der Waals surface area contributed by atoms with Crippen LogP contribution in [-0.2, 0) is 16.1 Å². The summed E-state index contributed by atoms with van der Waals surface area (Å²) < 4.78 is 0. The van der Waals surface area contributed by atoms with Gasteiger partial charge in [-0.25, -0.2) is 0 Å². The number of piperidine rings is 1. The summed E-state index contributed by atoms with van der Waals surface area (Å²) in [5, 5.41) is 0.535. The normalized spacial score (nSPS) is 18.1. The van der Waals surface area contributed by atoms with Crippen LogP contribution in [0.3, 0.4) is 0 Å². The van der Waals surface area contributed by atoms with Gasteiger partial charge in [-0.05, 0) is 36.6 Å². The maximum absolute atomic E-state index is 12.7. The fraction of sp³-hybridized carbons (Fsp3) is 0.348. The van der Waals surface area contributed by atoms with Crippen LogP contribution in [0.5, 0.6) is 0 Å². The van der Waals surface area contributed by atoms with E-state index in [-0.39, 0.29) is 11.9 Å². The second kappa shape index (κ2) is 8.88. The van der Waals surface area contributed by atoms with E-state index in [1.165, 1.54) is 0 Å². The van der Waals surface area contributed by atoms with Crippen molar-refractivity contribution >= 4 is 29.3 Å². The molecule has 0 N–H and O–H groups in total. The molecule has 2 fully saturated rings. The summed E-state index contributed by atoms with van der Waals surface area (Å²) in [5.74, 6) is -0.926. The predicted molar refractivity (Wildman–Crippen MR) is 114 cm³/mol. The largest absolute Gasteiger partial charge is 0.338 e. The van der Waals surface area contributed by atoms with E-state index in [4.69, 9.17) is 11.6 Å². The number of carbonyl (C=O) groups excluding carboxylic acids is 3. The van der Waals surface area contributed by atoms with Gasteiger partial charge >= 0.3 is 11.8 Å². The van der Waals surface area contributed by atoms with Crippen molar-refractivity contribution in [3.8, 4) is 0 Å². The van der Waals surface area contributed by atoms with Crippen LogP contribution < -0.4 is 0 Å². The molecule has 3 amide bonds. The zero-order valence-electron chi connectivity index (χ0n) is 16.7. The van der Waals surface area contributed by atoms with Gasteiger partial charge in [0.25, 0.3) is 5.91 Å². The van der Waals surface area contributed by atoms with E-state index in [1.807, 2.05) is 30.3 Å². The van der Waals surface area contributed by atoms with E-state index in [9.17, 15) is 14.4 Å². The highest BCUT2D eigenvalue weighted by atomic mass is 35.5. The van der Waals surface area contributed by atoms with Crippen molar-refractivity contribution in [1.82, 2.24) is 14.7 Å². The van der Waals surface area contributed by atoms with Gasteiger partial charge in [0.2, 0.25) is 0 Å². The number of halogens is 1. The minimum absolute atomic E-state index is 0.0104. The van der Waals surface area contributed by atoms with E-state index in [0.29, 0.717) is 56.2 Å². The van der Waals surface area contributed by atoms with E-state index < -0.39 is 11.8 Å². The zero-order chi connectivity index (χ0) is 21.1. The number of hydrogen-bond donors (Lipinski definition) is 0. The Labute approximate surface area is 181 Å². The quantitative estimate of drug-likeness (QED) is 0.708. The number of likely N-dealkylation sites (tertiary alicyclic amines) is 1. The van der Waals surface area contributed by atoms with Gasteiger partial charge in [-0.1, -0.05) is 48.0 Å². The van der Waals surface area contributed by atoms with Crippen molar-refractivity contribution in [1.29, 1.82) is 0 Å². The number of amides is 3. The van der Waals surface area contributed by atoms with Crippen LogP contribution in [0.2, 0.25) is 5.02 Å². The Kier molecular flexibility index (Phi) is 6.04. The Hall–Kier alpha value is -2.86. The lowest BCUT2D eigenvalue weighted by molar-refractivity contribution is -0.158. The third-order valence-electron chi connectivity index (χ3n) is 5.82. The molecule has 156 valence electrons. The first-order valence-corrected chi connectivity index (χ1v) is 10.6. The summed E-state index contributed by atoms with van der Waals surface area (Å²) in [4.78, 5) is 43.2. The monoisotopic (exact) mass is 425 g/mol. The lowest BCUT2D eigenvalue weighted by Gasteiger charge is -2.42. The molecule has 0 spiro atoms. The number of nitrogens with zero attached hydrogens (tertiary/aromatic N) is 3. The van der Waals surface area contributed by atoms with Gasteiger partial charge in [-0.3, -0.25) is 14.4 Å². The first-order valence-electron chi connectivity index (χ1n) is 10.2. The number of piperazine rings is 1. The van der Waals surface area contributed by atoms with Crippen molar-refractivity contribution in [2.45, 2.75) is 25.4 Å². The third-order valence-corrected chi connectivity index (χ3v) is 6.06. The molecule has 2 aromatic carbocycles. The van der Waals surface area contributed by atoms with Crippen LogP contribution in [-0.4, -0.2) is 64.6 Å². The van der Waals surface area contributed by atoms with Crippen molar-refractivity contribution in [3.63, 3.8) is 0 Å². The summed E-state index contributed by atoms with van der Waals surface area (Å²) in [6, 6.07) is 16.6. The number of carbonyl (C=O) groups is 3. The molecule has 2 saturated heterocycles. The second-order valence-electron chi connectivity index (χ2n) is 7.74. The Bertz CT molecular complexity index is 942. The number of rotatable bonds is 4. The molecule has 2 aliphatic rings. The Morgan fingerprint density at radius 3 is 2.33 bits per heavy atom. The van der Waals surface area contributed by atoms with Crippen LogP contribution in [0.15, 0.2) is 54.6 Å². The first kappa shape index (κ1) is 20.4. The van der Waals surface area contributed by atoms with Crippen molar-refractivity contribution in [3.05, 3.63) is 70.7 Å². The lowest BCUT2D eigenvalue weighted by atomic mass is 10.0. The molecule has 2 aromatic rings. The summed E-state index contributed by atoms with van der Waals surface area (Å²) in [6.45, 7) is 2.63. The highest BCUT2D eigenvalue weighted by molar-refractivity contribution is 6.35. The molecule has 6 nitrogen and oxygen atoms in total. The molecular weight excluding hydrogens is 402 g/mol. The van der Waals surface area contributed by atoms with E-state index in [0.717, 1.165) is 5.56 Å². The van der Waals surface area contributed by atoms with Crippen molar-refractivity contribution in [2.24, 2.45) is 0 Å². The Balaban J connectivity index is 1.33. The second-order valence-corrected chi connectivity index (χ2v) is 8.18. The minimum Gasteiger partial charge on any atom is -0.338 e. The maximum Gasteiger partial charge on any atom is 0.312 e. The molecule has 2 aliphatic heterocycles. The summed E-state index contributed by atoms with van der Waals surface area (Å²) in [6.07, 6.45) is 1.34. The highest BCUT2D eigenvalue weighted by Crippen LogP contribution is 2.22. The highest BCUT2D eigenvalue weighted by Gasteiger charge is 2.38. The number of benzene rings is 2. The average Bonchev–Trinajstić information content (AvgIpc) is 2.77. The summed E-state index contributed by atoms with van der Waals surface area (Å²) in [7, 11) is 0. The van der Waals surface area contributed by atoms with Gasteiger partial charge < -0.3 is 14.7 Å². The van der Waals surface area contributed by atoms with Gasteiger partial charge in [-0.2, -0.15) is 0 Å². The fourth-order valence-corrected chi connectivity index (χ4v) is 4.37. The molecule has 2 heterocycles. The predicted octanol–water partition coefficient (Wildman–Crippen LogP) is 2.82. The molecule has 0 aromatic heterocycles. The minimum atomic E-state index is -0.442. The molecule has 0 saturated carbocycles. The maximum atomic E-state index is 12.7. The average molecular weight is 426 g/mol. The van der Waals surface area contributed by atoms with E-state index >= 15 is 0 Å². The topological polar surface area (TPSA) is 60.9 Å². The zero-order valence-corrected chi connectivity index (χ0v) is 17.4. The SMILES string of the molecule is O=C1C(=O)N(C2CCN(C(=O)c3cccc(Cl)c3)CC2)CCN1Cc1ccccc1. The van der Waals surface area contributed by atoms with E-state index in [1.54, 1.807) is 39.0 Å². The molecular formula is C23H24ClN3O3.